The quantitative estimate of drug-likeness (QED) is 0.419. The molecule has 0 saturated heterocycles. The largest absolute Gasteiger partial charge is 0.396 e. The second kappa shape index (κ2) is 6.88. The Morgan fingerprint density at radius 3 is 2.85 bits per heavy atom. The summed E-state index contributed by atoms with van der Waals surface area (Å²) in [5.74, 6) is 5.58. The monoisotopic (exact) mass is 298 g/mol. The van der Waals surface area contributed by atoms with Crippen LogP contribution in [0.5, 0.6) is 0 Å². The molecule has 2 rings (SSSR count). The zero-order chi connectivity index (χ0) is 14.5. The average Bonchev–Trinajstić information content (AvgIpc) is 2.39. The van der Waals surface area contributed by atoms with Crippen LogP contribution in [0, 0.1) is 0 Å². The van der Waals surface area contributed by atoms with E-state index in [-0.39, 0.29) is 23.7 Å². The highest BCUT2D eigenvalue weighted by Crippen LogP contribution is 2.27. The van der Waals surface area contributed by atoms with Gasteiger partial charge in [-0.2, -0.15) is 0 Å². The van der Waals surface area contributed by atoms with Crippen LogP contribution in [-0.4, -0.2) is 40.1 Å². The molecule has 0 unspecified atom stereocenters. The van der Waals surface area contributed by atoms with Crippen LogP contribution in [0.25, 0.3) is 0 Å². The highest BCUT2D eigenvalue weighted by Gasteiger charge is 2.29. The SMILES string of the molecule is NNc1cc(C(=O)N(CCCO)C2CCC2)cc(Cl)n1. The van der Waals surface area contributed by atoms with Crippen molar-refractivity contribution in [3.63, 3.8) is 0 Å². The highest BCUT2D eigenvalue weighted by molar-refractivity contribution is 6.29. The Hall–Kier alpha value is -1.37. The van der Waals surface area contributed by atoms with Gasteiger partial charge in [-0.15, -0.1) is 0 Å². The van der Waals surface area contributed by atoms with Crippen LogP contribution in [0.4, 0.5) is 5.82 Å². The van der Waals surface area contributed by atoms with Gasteiger partial charge in [0.05, 0.1) is 0 Å². The fourth-order valence-electron chi connectivity index (χ4n) is 2.25. The minimum Gasteiger partial charge on any atom is -0.396 e. The first-order chi connectivity index (χ1) is 9.65. The maximum Gasteiger partial charge on any atom is 0.254 e. The van der Waals surface area contributed by atoms with E-state index in [1.54, 1.807) is 6.07 Å². The van der Waals surface area contributed by atoms with Gasteiger partial charge in [0.1, 0.15) is 11.0 Å². The topological polar surface area (TPSA) is 91.5 Å². The summed E-state index contributed by atoms with van der Waals surface area (Å²) in [7, 11) is 0. The summed E-state index contributed by atoms with van der Waals surface area (Å²) in [6, 6.07) is 3.38. The molecule has 1 aromatic heterocycles. The number of nitrogens with one attached hydrogen (secondary N) is 1. The third kappa shape index (κ3) is 3.39. The lowest BCUT2D eigenvalue weighted by Gasteiger charge is -2.37. The fourth-order valence-corrected chi connectivity index (χ4v) is 2.46. The molecule has 0 aliphatic heterocycles. The van der Waals surface area contributed by atoms with Crippen molar-refractivity contribution in [2.75, 3.05) is 18.6 Å². The summed E-state index contributed by atoms with van der Waals surface area (Å²) in [5.41, 5.74) is 2.86. The zero-order valence-corrected chi connectivity index (χ0v) is 11.9. The molecule has 1 saturated carbocycles. The van der Waals surface area contributed by atoms with Crippen molar-refractivity contribution in [3.8, 4) is 0 Å². The number of nitrogen functional groups attached to an aromatic ring is 1. The molecule has 0 bridgehead atoms. The number of nitrogens with two attached hydrogens (primary N) is 1. The van der Waals surface area contributed by atoms with Gasteiger partial charge in [0.15, 0.2) is 0 Å². The Bertz CT molecular complexity index is 479. The number of rotatable bonds is 6. The van der Waals surface area contributed by atoms with E-state index in [1.165, 1.54) is 6.07 Å². The van der Waals surface area contributed by atoms with E-state index in [1.807, 2.05) is 4.90 Å². The van der Waals surface area contributed by atoms with Gasteiger partial charge in [0, 0.05) is 24.8 Å². The molecular weight excluding hydrogens is 280 g/mol. The molecule has 1 amide bonds. The Labute approximate surface area is 122 Å². The maximum absolute atomic E-state index is 12.6. The van der Waals surface area contributed by atoms with Gasteiger partial charge >= 0.3 is 0 Å². The van der Waals surface area contributed by atoms with Gasteiger partial charge in [-0.05, 0) is 37.8 Å². The molecule has 1 heterocycles. The number of halogens is 1. The number of hydrogen-bond acceptors (Lipinski definition) is 5. The van der Waals surface area contributed by atoms with Crippen molar-refractivity contribution in [1.29, 1.82) is 0 Å². The Kier molecular flexibility index (Phi) is 5.17. The molecule has 1 fully saturated rings. The normalized spacial score (nSPS) is 14.8. The third-order valence-electron chi connectivity index (χ3n) is 3.52. The van der Waals surface area contributed by atoms with E-state index in [9.17, 15) is 4.79 Å². The lowest BCUT2D eigenvalue weighted by atomic mass is 9.91. The smallest absolute Gasteiger partial charge is 0.254 e. The molecule has 110 valence electrons. The van der Waals surface area contributed by atoms with Crippen LogP contribution in [0.2, 0.25) is 5.15 Å². The Balaban J connectivity index is 2.19. The molecule has 0 atom stereocenters. The number of nitrogens with zero attached hydrogens (tertiary/aromatic N) is 2. The minimum absolute atomic E-state index is 0.0726. The number of carbonyl (C=O) groups is 1. The second-order valence-corrected chi connectivity index (χ2v) is 5.26. The van der Waals surface area contributed by atoms with Gasteiger partial charge in [0.2, 0.25) is 0 Å². The van der Waals surface area contributed by atoms with Crippen molar-refractivity contribution < 1.29 is 9.90 Å². The first-order valence-electron chi connectivity index (χ1n) is 6.71. The zero-order valence-electron chi connectivity index (χ0n) is 11.2. The Morgan fingerprint density at radius 2 is 2.30 bits per heavy atom. The first kappa shape index (κ1) is 15.0. The molecule has 0 radical (unpaired) electrons. The summed E-state index contributed by atoms with van der Waals surface area (Å²) in [6.07, 6.45) is 3.74. The minimum atomic E-state index is -0.0936. The van der Waals surface area contributed by atoms with E-state index in [2.05, 4.69) is 10.4 Å². The van der Waals surface area contributed by atoms with Crippen molar-refractivity contribution in [2.45, 2.75) is 31.7 Å². The van der Waals surface area contributed by atoms with E-state index >= 15 is 0 Å². The summed E-state index contributed by atoms with van der Waals surface area (Å²) in [6.45, 7) is 0.620. The lowest BCUT2D eigenvalue weighted by Crippen LogP contribution is -2.45. The van der Waals surface area contributed by atoms with Crippen LogP contribution in [0.1, 0.15) is 36.0 Å². The van der Waals surface area contributed by atoms with Gasteiger partial charge < -0.3 is 15.4 Å². The Morgan fingerprint density at radius 1 is 1.55 bits per heavy atom. The van der Waals surface area contributed by atoms with Gasteiger partial charge in [-0.25, -0.2) is 10.8 Å². The molecule has 0 aromatic carbocycles. The molecule has 6 nitrogen and oxygen atoms in total. The molecular formula is C13H19ClN4O2. The number of aliphatic hydroxyl groups is 1. The molecule has 0 spiro atoms. The summed E-state index contributed by atoms with van der Waals surface area (Å²) >= 11 is 5.89. The first-order valence-corrected chi connectivity index (χ1v) is 7.09. The fraction of sp³-hybridized carbons (Fsp3) is 0.538. The maximum atomic E-state index is 12.6. The van der Waals surface area contributed by atoms with Crippen LogP contribution in [0.15, 0.2) is 12.1 Å². The molecule has 1 aromatic rings. The van der Waals surface area contributed by atoms with E-state index in [0.717, 1.165) is 19.3 Å². The number of anilines is 1. The van der Waals surface area contributed by atoms with Crippen molar-refractivity contribution in [1.82, 2.24) is 9.88 Å². The van der Waals surface area contributed by atoms with Gasteiger partial charge in [-0.3, -0.25) is 4.79 Å². The third-order valence-corrected chi connectivity index (χ3v) is 3.72. The number of pyridine rings is 1. The predicted octanol–water partition coefficient (Wildman–Crippen LogP) is 1.40. The lowest BCUT2D eigenvalue weighted by molar-refractivity contribution is 0.0562. The van der Waals surface area contributed by atoms with Gasteiger partial charge in [-0.1, -0.05) is 11.6 Å². The van der Waals surface area contributed by atoms with Crippen LogP contribution in [0.3, 0.4) is 0 Å². The standard InChI is InChI=1S/C13H19ClN4O2/c14-11-7-9(8-12(16-11)17-15)13(20)18(5-2-6-19)10-3-1-4-10/h7-8,10,19H,1-6,15H2,(H,16,17). The van der Waals surface area contributed by atoms with Crippen LogP contribution in [-0.2, 0) is 0 Å². The van der Waals surface area contributed by atoms with Gasteiger partial charge in [0.25, 0.3) is 5.91 Å². The number of amides is 1. The van der Waals surface area contributed by atoms with E-state index in [4.69, 9.17) is 22.6 Å². The number of aliphatic hydroxyl groups excluding tert-OH is 1. The number of hydrazine groups is 1. The van der Waals surface area contributed by atoms with Crippen molar-refractivity contribution >= 4 is 23.3 Å². The number of aromatic nitrogens is 1. The summed E-state index contributed by atoms with van der Waals surface area (Å²) in [4.78, 5) is 18.4. The highest BCUT2D eigenvalue weighted by atomic mass is 35.5. The summed E-state index contributed by atoms with van der Waals surface area (Å²) < 4.78 is 0. The molecule has 1 aliphatic carbocycles. The predicted molar refractivity (Wildman–Crippen MR) is 77.4 cm³/mol. The summed E-state index contributed by atoms with van der Waals surface area (Å²) in [5, 5.41) is 9.19. The van der Waals surface area contributed by atoms with Crippen molar-refractivity contribution in [2.24, 2.45) is 5.84 Å². The number of carbonyl (C=O) groups excluding carboxylic acids is 1. The average molecular weight is 299 g/mol. The molecule has 7 heteroatoms. The van der Waals surface area contributed by atoms with E-state index in [0.29, 0.717) is 24.3 Å². The van der Waals surface area contributed by atoms with Crippen molar-refractivity contribution in [3.05, 3.63) is 22.8 Å². The van der Waals surface area contributed by atoms with E-state index < -0.39 is 0 Å². The van der Waals surface area contributed by atoms with Crippen LogP contribution >= 0.6 is 11.6 Å². The second-order valence-electron chi connectivity index (χ2n) is 4.87. The van der Waals surface area contributed by atoms with Crippen LogP contribution < -0.4 is 11.3 Å². The molecule has 1 aliphatic rings. The molecule has 20 heavy (non-hydrogen) atoms. The number of hydrogen-bond donors (Lipinski definition) is 3. The molecule has 4 N–H and O–H groups in total.